The van der Waals surface area contributed by atoms with Gasteiger partial charge in [0.15, 0.2) is 6.61 Å². The Bertz CT molecular complexity index is 1020. The van der Waals surface area contributed by atoms with Crippen LogP contribution in [0.3, 0.4) is 0 Å². The van der Waals surface area contributed by atoms with E-state index in [9.17, 15) is 9.59 Å². The molecule has 6 nitrogen and oxygen atoms in total. The molecule has 1 N–H and O–H groups in total. The van der Waals surface area contributed by atoms with Crippen LogP contribution in [-0.2, 0) is 9.53 Å². The predicted octanol–water partition coefficient (Wildman–Crippen LogP) is 5.25. The molecule has 0 saturated carbocycles. The summed E-state index contributed by atoms with van der Waals surface area (Å²) in [6.07, 6.45) is 0. The van der Waals surface area contributed by atoms with Crippen molar-refractivity contribution in [1.82, 2.24) is 0 Å². The van der Waals surface area contributed by atoms with Crippen LogP contribution < -0.4 is 14.8 Å². The van der Waals surface area contributed by atoms with Crippen molar-refractivity contribution in [2.45, 2.75) is 0 Å². The van der Waals surface area contributed by atoms with Gasteiger partial charge in [-0.1, -0.05) is 59.6 Å². The quantitative estimate of drug-likeness (QED) is 0.349. The zero-order valence-corrected chi connectivity index (χ0v) is 17.9. The number of halogens is 2. The van der Waals surface area contributed by atoms with Gasteiger partial charge in [0.1, 0.15) is 30.3 Å². The number of ether oxygens (including phenoxy) is 3. The van der Waals surface area contributed by atoms with E-state index in [1.807, 2.05) is 30.3 Å². The van der Waals surface area contributed by atoms with E-state index in [1.165, 1.54) is 0 Å². The van der Waals surface area contributed by atoms with E-state index in [2.05, 4.69) is 5.32 Å². The zero-order valence-electron chi connectivity index (χ0n) is 16.3. The van der Waals surface area contributed by atoms with E-state index in [-0.39, 0.29) is 27.9 Å². The van der Waals surface area contributed by atoms with Gasteiger partial charge in [-0.2, -0.15) is 0 Å². The summed E-state index contributed by atoms with van der Waals surface area (Å²) in [6.45, 7) is 0.0188. The van der Waals surface area contributed by atoms with Crippen LogP contribution in [0.4, 0.5) is 5.69 Å². The fraction of sp³-hybridized carbons (Fsp3) is 0.130. The fourth-order valence-corrected chi connectivity index (χ4v) is 3.08. The molecule has 0 atom stereocenters. The van der Waals surface area contributed by atoms with Crippen molar-refractivity contribution in [3.05, 3.63) is 88.4 Å². The van der Waals surface area contributed by atoms with Crippen molar-refractivity contribution >= 4 is 40.8 Å². The van der Waals surface area contributed by atoms with E-state index in [4.69, 9.17) is 37.4 Å². The Balaban J connectivity index is 1.51. The first-order valence-electron chi connectivity index (χ1n) is 9.35. The summed E-state index contributed by atoms with van der Waals surface area (Å²) in [7, 11) is 0. The first-order valence-corrected chi connectivity index (χ1v) is 10.1. The van der Waals surface area contributed by atoms with Crippen LogP contribution in [-0.4, -0.2) is 31.7 Å². The summed E-state index contributed by atoms with van der Waals surface area (Å²) in [5.74, 6) is -0.208. The molecule has 8 heteroatoms. The van der Waals surface area contributed by atoms with Gasteiger partial charge in [0.05, 0.1) is 15.7 Å². The van der Waals surface area contributed by atoms with Crippen LogP contribution in [0.1, 0.15) is 10.4 Å². The molecule has 3 aromatic rings. The Morgan fingerprint density at radius 2 is 1.42 bits per heavy atom. The highest BCUT2D eigenvalue weighted by atomic mass is 35.5. The first kappa shape index (κ1) is 22.5. The fourth-order valence-electron chi connectivity index (χ4n) is 2.59. The van der Waals surface area contributed by atoms with Crippen LogP contribution in [0.25, 0.3) is 0 Å². The van der Waals surface area contributed by atoms with E-state index in [0.717, 1.165) is 5.75 Å². The minimum Gasteiger partial charge on any atom is -0.490 e. The van der Waals surface area contributed by atoms with Crippen LogP contribution in [0.15, 0.2) is 72.8 Å². The molecule has 1 amide bonds. The number of carbonyl (C=O) groups excluding carboxylic acids is 2. The summed E-state index contributed by atoms with van der Waals surface area (Å²) >= 11 is 12.0. The van der Waals surface area contributed by atoms with Gasteiger partial charge < -0.3 is 19.5 Å². The zero-order chi connectivity index (χ0) is 22.1. The molecule has 0 unspecified atom stereocenters. The molecule has 3 rings (SSSR count). The average molecular weight is 460 g/mol. The summed E-state index contributed by atoms with van der Waals surface area (Å²) < 4.78 is 16.3. The maximum atomic E-state index is 12.4. The molecule has 0 bridgehead atoms. The van der Waals surface area contributed by atoms with Crippen molar-refractivity contribution in [3.63, 3.8) is 0 Å². The number of amides is 1. The minimum absolute atomic E-state index is 0.200. The molecular weight excluding hydrogens is 441 g/mol. The average Bonchev–Trinajstić information content (AvgIpc) is 2.78. The number of para-hydroxylation sites is 3. The van der Waals surface area contributed by atoms with E-state index >= 15 is 0 Å². The van der Waals surface area contributed by atoms with E-state index in [1.54, 1.807) is 42.5 Å². The second-order valence-electron chi connectivity index (χ2n) is 6.23. The largest absolute Gasteiger partial charge is 0.490 e. The van der Waals surface area contributed by atoms with Crippen molar-refractivity contribution in [2.24, 2.45) is 0 Å². The van der Waals surface area contributed by atoms with E-state index < -0.39 is 18.5 Å². The van der Waals surface area contributed by atoms with Crippen molar-refractivity contribution < 1.29 is 23.8 Å². The van der Waals surface area contributed by atoms with Crippen LogP contribution in [0, 0.1) is 0 Å². The Kier molecular flexibility index (Phi) is 8.15. The van der Waals surface area contributed by atoms with Gasteiger partial charge in [-0.15, -0.1) is 0 Å². The van der Waals surface area contributed by atoms with Crippen molar-refractivity contribution in [2.75, 3.05) is 25.1 Å². The lowest BCUT2D eigenvalue weighted by Gasteiger charge is -2.12. The van der Waals surface area contributed by atoms with Crippen LogP contribution >= 0.6 is 23.2 Å². The van der Waals surface area contributed by atoms with E-state index in [0.29, 0.717) is 12.4 Å². The second kappa shape index (κ2) is 11.2. The molecule has 0 aliphatic carbocycles. The number of benzene rings is 3. The highest BCUT2D eigenvalue weighted by Gasteiger charge is 2.16. The Labute approximate surface area is 189 Å². The highest BCUT2D eigenvalue weighted by molar-refractivity contribution is 6.39. The molecule has 3 aromatic carbocycles. The Hall–Kier alpha value is -3.22. The van der Waals surface area contributed by atoms with Crippen LogP contribution in [0.5, 0.6) is 11.5 Å². The maximum absolute atomic E-state index is 12.4. The molecular formula is C23H19Cl2NO5. The topological polar surface area (TPSA) is 73.9 Å². The number of anilines is 1. The normalized spacial score (nSPS) is 10.3. The molecule has 0 radical (unpaired) electrons. The molecule has 0 saturated heterocycles. The highest BCUT2D eigenvalue weighted by Crippen LogP contribution is 2.29. The number of esters is 1. The molecule has 0 aliphatic heterocycles. The lowest BCUT2D eigenvalue weighted by atomic mass is 10.2. The van der Waals surface area contributed by atoms with Crippen molar-refractivity contribution in [1.29, 1.82) is 0 Å². The Morgan fingerprint density at radius 1 is 0.774 bits per heavy atom. The maximum Gasteiger partial charge on any atom is 0.342 e. The molecule has 0 spiro atoms. The summed E-state index contributed by atoms with van der Waals surface area (Å²) in [6, 6.07) is 20.8. The minimum atomic E-state index is -0.694. The van der Waals surface area contributed by atoms with Gasteiger partial charge in [-0.05, 0) is 36.4 Å². The number of rotatable bonds is 9. The van der Waals surface area contributed by atoms with Crippen molar-refractivity contribution in [3.8, 4) is 11.5 Å². The van der Waals surface area contributed by atoms with Gasteiger partial charge in [0.2, 0.25) is 0 Å². The van der Waals surface area contributed by atoms with Crippen LogP contribution in [0.2, 0.25) is 10.0 Å². The van der Waals surface area contributed by atoms with Gasteiger partial charge in [-0.3, -0.25) is 4.79 Å². The predicted molar refractivity (Wildman–Crippen MR) is 119 cm³/mol. The lowest BCUT2D eigenvalue weighted by Crippen LogP contribution is -2.21. The summed E-state index contributed by atoms with van der Waals surface area (Å²) in [4.78, 5) is 24.6. The first-order chi connectivity index (χ1) is 15.0. The second-order valence-corrected chi connectivity index (χ2v) is 7.04. The molecule has 160 valence electrons. The SMILES string of the molecule is O=C(COC(=O)c1ccccc1OCCOc1ccccc1)Nc1c(Cl)cccc1Cl. The molecule has 0 aromatic heterocycles. The van der Waals surface area contributed by atoms with Gasteiger partial charge in [0, 0.05) is 0 Å². The number of hydrogen-bond donors (Lipinski definition) is 1. The molecule has 0 heterocycles. The summed E-state index contributed by atoms with van der Waals surface area (Å²) in [5, 5.41) is 3.09. The monoisotopic (exact) mass is 459 g/mol. The third-order valence-electron chi connectivity index (χ3n) is 4.02. The number of hydrogen-bond acceptors (Lipinski definition) is 5. The number of carbonyl (C=O) groups is 2. The van der Waals surface area contributed by atoms with Gasteiger partial charge >= 0.3 is 5.97 Å². The lowest BCUT2D eigenvalue weighted by molar-refractivity contribution is -0.119. The number of nitrogens with one attached hydrogen (secondary N) is 1. The third kappa shape index (κ3) is 6.64. The molecule has 0 aliphatic rings. The molecule has 31 heavy (non-hydrogen) atoms. The standard InChI is InChI=1S/C23H19Cl2NO5/c24-18-10-6-11-19(25)22(18)26-21(27)15-31-23(28)17-9-4-5-12-20(17)30-14-13-29-16-7-2-1-3-8-16/h1-12H,13-15H2,(H,26,27). The molecule has 0 fully saturated rings. The third-order valence-corrected chi connectivity index (χ3v) is 4.65. The summed E-state index contributed by atoms with van der Waals surface area (Å²) in [5.41, 5.74) is 0.458. The Morgan fingerprint density at radius 3 is 2.16 bits per heavy atom. The van der Waals surface area contributed by atoms with Gasteiger partial charge in [0.25, 0.3) is 5.91 Å². The van der Waals surface area contributed by atoms with Gasteiger partial charge in [-0.25, -0.2) is 4.79 Å². The smallest absolute Gasteiger partial charge is 0.342 e.